The Balaban J connectivity index is 1.38. The van der Waals surface area contributed by atoms with Crippen LogP contribution in [0.1, 0.15) is 65.7 Å². The predicted molar refractivity (Wildman–Crippen MR) is 146 cm³/mol. The molecule has 1 saturated heterocycles. The third kappa shape index (κ3) is 3.70. The fourth-order valence-electron chi connectivity index (χ4n) is 8.46. The summed E-state index contributed by atoms with van der Waals surface area (Å²) in [5, 5.41) is 3.61. The van der Waals surface area contributed by atoms with Crippen LogP contribution in [0.2, 0.25) is 0 Å². The first-order chi connectivity index (χ1) is 16.9. The minimum Gasteiger partial charge on any atom is -0.371 e. The van der Waals surface area contributed by atoms with Crippen LogP contribution in [0.15, 0.2) is 72.0 Å². The fourth-order valence-corrected chi connectivity index (χ4v) is 8.46. The van der Waals surface area contributed by atoms with Crippen molar-refractivity contribution in [3.63, 3.8) is 0 Å². The summed E-state index contributed by atoms with van der Waals surface area (Å²) in [6.07, 6.45) is 24.0. The number of nitrogens with one attached hydrogen (secondary N) is 1. The number of rotatable bonds is 4. The van der Waals surface area contributed by atoms with Crippen molar-refractivity contribution in [3.05, 3.63) is 76.9 Å². The highest BCUT2D eigenvalue weighted by Crippen LogP contribution is 2.65. The predicted octanol–water partition coefficient (Wildman–Crippen LogP) is 7.01. The molecule has 0 aromatic heterocycles. The van der Waals surface area contributed by atoms with Crippen LogP contribution in [0.4, 0.5) is 0 Å². The molecule has 4 nitrogen and oxygen atoms in total. The summed E-state index contributed by atoms with van der Waals surface area (Å²) in [6, 6.07) is 0.552. The van der Waals surface area contributed by atoms with Crippen molar-refractivity contribution < 1.29 is 0 Å². The molecule has 186 valence electrons. The van der Waals surface area contributed by atoms with Crippen LogP contribution in [0.25, 0.3) is 4.85 Å². The van der Waals surface area contributed by atoms with E-state index in [1.807, 2.05) is 12.3 Å². The smallest absolute Gasteiger partial charge is 0.320 e. The van der Waals surface area contributed by atoms with Crippen molar-refractivity contribution in [2.75, 3.05) is 13.7 Å². The van der Waals surface area contributed by atoms with Gasteiger partial charge in [0, 0.05) is 24.2 Å². The minimum absolute atomic E-state index is 0.252. The Labute approximate surface area is 212 Å². The lowest BCUT2D eigenvalue weighted by Crippen LogP contribution is -2.51. The van der Waals surface area contributed by atoms with Crippen molar-refractivity contribution in [1.29, 1.82) is 0 Å². The molecule has 0 aromatic carbocycles. The molecule has 1 aliphatic heterocycles. The molecule has 35 heavy (non-hydrogen) atoms. The molecule has 6 unspecified atom stereocenters. The van der Waals surface area contributed by atoms with Gasteiger partial charge >= 0.3 is 6.20 Å². The fraction of sp³-hybridized carbons (Fsp3) is 0.581. The summed E-state index contributed by atoms with van der Waals surface area (Å²) in [5.74, 6) is 2.32. The zero-order chi connectivity index (χ0) is 24.8. The van der Waals surface area contributed by atoms with Gasteiger partial charge in [-0.15, -0.1) is 0 Å². The van der Waals surface area contributed by atoms with E-state index in [9.17, 15) is 0 Å². The summed E-state index contributed by atoms with van der Waals surface area (Å²) >= 11 is 0. The quantitative estimate of drug-likeness (QED) is 0.446. The number of allylic oxidation sites excluding steroid dienone is 6. The molecule has 4 aliphatic carbocycles. The molecule has 0 aromatic rings. The van der Waals surface area contributed by atoms with E-state index in [-0.39, 0.29) is 5.41 Å². The van der Waals surface area contributed by atoms with Gasteiger partial charge in [-0.05, 0) is 86.0 Å². The van der Waals surface area contributed by atoms with Gasteiger partial charge in [-0.1, -0.05) is 50.3 Å². The Hall–Kier alpha value is -2.67. The van der Waals surface area contributed by atoms with E-state index in [1.165, 1.54) is 56.3 Å². The number of hydrogen-bond acceptors (Lipinski definition) is 3. The molecule has 2 saturated carbocycles. The van der Waals surface area contributed by atoms with Gasteiger partial charge in [-0.3, -0.25) is 0 Å². The highest BCUT2D eigenvalue weighted by atomic mass is 15.3. The van der Waals surface area contributed by atoms with E-state index in [0.717, 1.165) is 24.4 Å². The Bertz CT molecular complexity index is 1070. The molecule has 5 rings (SSSR count). The van der Waals surface area contributed by atoms with Gasteiger partial charge < -0.3 is 15.1 Å². The van der Waals surface area contributed by atoms with E-state index in [1.54, 1.807) is 17.5 Å². The summed E-state index contributed by atoms with van der Waals surface area (Å²) in [5.41, 5.74) is 6.36. The number of fused-ring (bicyclic) bond motifs is 5. The standard InChI is InChI=1S/C31H43N4/c1-7-9-28-27(8-2)33-21-35(28)29-13-12-25-24-11-10-22-20-23(34(6)19-18-32-5)14-16-30(22,3)26(24)15-17-31(25,29)4/h5,7-10,13,18-19,23-26,33H,1,11-12,14-17,20-21H2,2-4,6H3/q+1/b19-18-,27-8+,28-9+. The van der Waals surface area contributed by atoms with Crippen molar-refractivity contribution in [2.45, 2.75) is 71.8 Å². The van der Waals surface area contributed by atoms with E-state index in [4.69, 9.17) is 6.57 Å². The maximum atomic E-state index is 5.33. The maximum absolute atomic E-state index is 5.33. The van der Waals surface area contributed by atoms with Gasteiger partial charge in [0.1, 0.15) is 0 Å². The van der Waals surface area contributed by atoms with E-state index < -0.39 is 0 Å². The third-order valence-electron chi connectivity index (χ3n) is 10.4. The molecular formula is C31H43N4+. The van der Waals surface area contributed by atoms with Gasteiger partial charge in [0.15, 0.2) is 0 Å². The molecule has 4 heteroatoms. The van der Waals surface area contributed by atoms with Crippen molar-refractivity contribution in [2.24, 2.45) is 28.6 Å². The molecule has 6 atom stereocenters. The van der Waals surface area contributed by atoms with Gasteiger partial charge in [0.05, 0.1) is 24.3 Å². The van der Waals surface area contributed by atoms with Crippen LogP contribution >= 0.6 is 0 Å². The van der Waals surface area contributed by atoms with Crippen LogP contribution < -0.4 is 5.32 Å². The highest BCUT2D eigenvalue weighted by Gasteiger charge is 2.58. The van der Waals surface area contributed by atoms with Crippen LogP contribution in [0, 0.1) is 35.2 Å². The zero-order valence-electron chi connectivity index (χ0n) is 22.1. The molecule has 1 N–H and O–H groups in total. The van der Waals surface area contributed by atoms with Crippen LogP contribution in [0.3, 0.4) is 0 Å². The monoisotopic (exact) mass is 471 g/mol. The Morgan fingerprint density at radius 3 is 2.71 bits per heavy atom. The molecule has 0 amide bonds. The molecule has 3 fully saturated rings. The molecule has 1 heterocycles. The largest absolute Gasteiger partial charge is 0.371 e. The van der Waals surface area contributed by atoms with Crippen LogP contribution in [-0.4, -0.2) is 29.6 Å². The number of hydrogen-bond donors (Lipinski definition) is 1. The molecule has 0 spiro atoms. The minimum atomic E-state index is 0.252. The summed E-state index contributed by atoms with van der Waals surface area (Å²) in [6.45, 7) is 17.4. The first-order valence-electron chi connectivity index (χ1n) is 13.6. The second-order valence-electron chi connectivity index (χ2n) is 11.8. The summed E-state index contributed by atoms with van der Waals surface area (Å²) < 4.78 is 0. The highest BCUT2D eigenvalue weighted by molar-refractivity contribution is 5.41. The number of nitrogens with zero attached hydrogens (tertiary/aromatic N) is 3. The lowest BCUT2D eigenvalue weighted by molar-refractivity contribution is -0.0279. The molecule has 0 radical (unpaired) electrons. The summed E-state index contributed by atoms with van der Waals surface area (Å²) in [4.78, 5) is 8.50. The van der Waals surface area contributed by atoms with Crippen molar-refractivity contribution in [1.82, 2.24) is 15.1 Å². The Morgan fingerprint density at radius 2 is 1.97 bits per heavy atom. The molecule has 5 aliphatic rings. The van der Waals surface area contributed by atoms with E-state index in [2.05, 4.69) is 78.7 Å². The second-order valence-corrected chi connectivity index (χ2v) is 11.8. The SMILES string of the molecule is C#[N+]/C=C\N(C)C1CCC2(C)C(=CCC3C2CCC2(C)C(N4CNC(=C/C)/C4=C\C=C)=CCC32)C1. The first-order valence-corrected chi connectivity index (χ1v) is 13.6. The van der Waals surface area contributed by atoms with Crippen molar-refractivity contribution >= 4 is 0 Å². The second kappa shape index (κ2) is 9.08. The lowest BCUT2D eigenvalue weighted by atomic mass is 9.47. The Morgan fingerprint density at radius 1 is 1.17 bits per heavy atom. The average Bonchev–Trinajstić information content (AvgIpc) is 3.41. The molecular weight excluding hydrogens is 428 g/mol. The van der Waals surface area contributed by atoms with Gasteiger partial charge in [-0.25, -0.2) is 0 Å². The maximum Gasteiger partial charge on any atom is 0.320 e. The first kappa shape index (κ1) is 24.0. The van der Waals surface area contributed by atoms with E-state index in [0.29, 0.717) is 11.5 Å². The molecule has 0 bridgehead atoms. The van der Waals surface area contributed by atoms with Gasteiger partial charge in [-0.2, -0.15) is 0 Å². The van der Waals surface area contributed by atoms with E-state index >= 15 is 0 Å². The van der Waals surface area contributed by atoms with Crippen LogP contribution in [0.5, 0.6) is 0 Å². The Kier molecular flexibility index (Phi) is 6.24. The van der Waals surface area contributed by atoms with Crippen LogP contribution in [-0.2, 0) is 0 Å². The average molecular weight is 472 g/mol. The normalized spacial score (nSPS) is 40.5. The zero-order valence-corrected chi connectivity index (χ0v) is 22.1. The lowest BCUT2D eigenvalue weighted by Gasteiger charge is -2.58. The van der Waals surface area contributed by atoms with Gasteiger partial charge in [0.2, 0.25) is 0 Å². The van der Waals surface area contributed by atoms with Crippen molar-refractivity contribution in [3.8, 4) is 6.57 Å². The topological polar surface area (TPSA) is 22.9 Å². The third-order valence-corrected chi connectivity index (χ3v) is 10.4. The summed E-state index contributed by atoms with van der Waals surface area (Å²) in [7, 11) is 2.17. The van der Waals surface area contributed by atoms with Gasteiger partial charge in [0.25, 0.3) is 6.57 Å².